The van der Waals surface area contributed by atoms with Crippen molar-refractivity contribution in [1.29, 1.82) is 0 Å². The summed E-state index contributed by atoms with van der Waals surface area (Å²) in [6.45, 7) is 8.48. The Labute approximate surface area is 173 Å². The summed E-state index contributed by atoms with van der Waals surface area (Å²) >= 11 is 0. The fourth-order valence-corrected chi connectivity index (χ4v) is 2.38. The molecule has 3 rings (SSSR count). The Morgan fingerprint density at radius 1 is 1.23 bits per heavy atom. The number of amides is 1. The maximum absolute atomic E-state index is 14.3. The Kier molecular flexibility index (Phi) is 7.47. The molecule has 0 atom stereocenters. The number of aryl methyl sites for hydroxylation is 1. The SMILES string of the molecule is CC.Cc1ccc(Nc2c(C(=O)NOC(C)(C)CO)oc3c(F)cncc23)c(F)c1. The van der Waals surface area contributed by atoms with Gasteiger partial charge in [-0.1, -0.05) is 19.9 Å². The lowest BCUT2D eigenvalue weighted by molar-refractivity contribution is -0.0961. The highest BCUT2D eigenvalue weighted by Crippen LogP contribution is 2.35. The fourth-order valence-electron chi connectivity index (χ4n) is 2.38. The second kappa shape index (κ2) is 9.64. The zero-order valence-electron chi connectivity index (χ0n) is 17.5. The normalized spacial score (nSPS) is 11.1. The van der Waals surface area contributed by atoms with Crippen LogP contribution >= 0.6 is 0 Å². The van der Waals surface area contributed by atoms with Gasteiger partial charge in [0.2, 0.25) is 5.76 Å². The molecule has 30 heavy (non-hydrogen) atoms. The van der Waals surface area contributed by atoms with Gasteiger partial charge in [0.15, 0.2) is 11.4 Å². The minimum absolute atomic E-state index is 0.0349. The number of pyridine rings is 1. The summed E-state index contributed by atoms with van der Waals surface area (Å²) in [7, 11) is 0. The molecule has 0 aliphatic carbocycles. The van der Waals surface area contributed by atoms with E-state index in [1.807, 2.05) is 13.8 Å². The van der Waals surface area contributed by atoms with Crippen molar-refractivity contribution in [2.45, 2.75) is 40.2 Å². The number of carbonyl (C=O) groups is 1. The molecule has 0 saturated carbocycles. The molecule has 3 N–H and O–H groups in total. The molecule has 2 heterocycles. The summed E-state index contributed by atoms with van der Waals surface area (Å²) < 4.78 is 33.7. The first-order valence-corrected chi connectivity index (χ1v) is 9.40. The van der Waals surface area contributed by atoms with E-state index in [4.69, 9.17) is 9.25 Å². The van der Waals surface area contributed by atoms with Crippen LogP contribution in [0.15, 0.2) is 35.0 Å². The molecular formula is C21H25F2N3O4. The largest absolute Gasteiger partial charge is 0.445 e. The summed E-state index contributed by atoms with van der Waals surface area (Å²) in [5, 5.41) is 12.1. The third kappa shape index (κ3) is 5.11. The number of hydrogen-bond donors (Lipinski definition) is 3. The molecule has 0 aliphatic rings. The third-order valence-corrected chi connectivity index (χ3v) is 3.94. The monoisotopic (exact) mass is 421 g/mol. The van der Waals surface area contributed by atoms with Crippen LogP contribution in [0.1, 0.15) is 43.8 Å². The van der Waals surface area contributed by atoms with E-state index in [0.29, 0.717) is 5.56 Å². The summed E-state index contributed by atoms with van der Waals surface area (Å²) in [6, 6.07) is 4.48. The van der Waals surface area contributed by atoms with E-state index in [1.54, 1.807) is 26.8 Å². The zero-order chi connectivity index (χ0) is 22.5. The smallest absolute Gasteiger partial charge is 0.312 e. The topological polar surface area (TPSA) is 96.6 Å². The molecule has 0 bridgehead atoms. The number of aromatic nitrogens is 1. The third-order valence-electron chi connectivity index (χ3n) is 3.94. The number of hydrogen-bond acceptors (Lipinski definition) is 6. The summed E-state index contributed by atoms with van der Waals surface area (Å²) in [5.41, 5.74) is 1.71. The van der Waals surface area contributed by atoms with Crippen molar-refractivity contribution in [2.75, 3.05) is 11.9 Å². The quantitative estimate of drug-likeness (QED) is 0.503. The molecule has 2 aromatic heterocycles. The number of nitrogens with one attached hydrogen (secondary N) is 2. The standard InChI is InChI=1S/C19H19F2N3O4.C2H6/c1-10-4-5-14(12(20)6-10)23-15-11-7-22-8-13(21)16(11)27-17(15)18(26)24-28-19(2,3)9-25;1-2/h4-8,23,25H,9H2,1-3H3,(H,24,26);1-2H3. The molecule has 0 unspecified atom stereocenters. The van der Waals surface area contributed by atoms with Crippen LogP contribution in [0, 0.1) is 18.6 Å². The molecule has 1 aromatic carbocycles. The van der Waals surface area contributed by atoms with Crippen LogP contribution in [0.4, 0.5) is 20.2 Å². The molecular weight excluding hydrogens is 396 g/mol. The molecule has 0 saturated heterocycles. The molecule has 7 nitrogen and oxygen atoms in total. The lowest BCUT2D eigenvalue weighted by Crippen LogP contribution is -2.38. The van der Waals surface area contributed by atoms with Crippen molar-refractivity contribution >= 4 is 28.3 Å². The van der Waals surface area contributed by atoms with Crippen molar-refractivity contribution in [1.82, 2.24) is 10.5 Å². The Morgan fingerprint density at radius 3 is 2.57 bits per heavy atom. The molecule has 0 radical (unpaired) electrons. The maximum atomic E-state index is 14.3. The van der Waals surface area contributed by atoms with Crippen LogP contribution < -0.4 is 10.8 Å². The summed E-state index contributed by atoms with van der Waals surface area (Å²) in [5.74, 6) is -2.49. The number of furan rings is 1. The number of halogens is 2. The van der Waals surface area contributed by atoms with Gasteiger partial charge in [0.25, 0.3) is 0 Å². The van der Waals surface area contributed by atoms with Crippen molar-refractivity contribution < 1.29 is 27.9 Å². The van der Waals surface area contributed by atoms with Gasteiger partial charge in [-0.15, -0.1) is 0 Å². The van der Waals surface area contributed by atoms with E-state index in [1.165, 1.54) is 18.3 Å². The number of anilines is 2. The molecule has 3 aromatic rings. The minimum Gasteiger partial charge on any atom is -0.445 e. The highest BCUT2D eigenvalue weighted by atomic mass is 19.1. The van der Waals surface area contributed by atoms with E-state index >= 15 is 0 Å². The fraction of sp³-hybridized carbons (Fsp3) is 0.333. The van der Waals surface area contributed by atoms with Gasteiger partial charge >= 0.3 is 5.91 Å². The Balaban J connectivity index is 0.00000155. The summed E-state index contributed by atoms with van der Waals surface area (Å²) in [6.07, 6.45) is 2.24. The van der Waals surface area contributed by atoms with Crippen LogP contribution in [0.5, 0.6) is 0 Å². The Hall–Kier alpha value is -3.04. The maximum Gasteiger partial charge on any atom is 0.312 e. The number of rotatable bonds is 6. The predicted molar refractivity (Wildman–Crippen MR) is 109 cm³/mol. The number of fused-ring (bicyclic) bond motifs is 1. The van der Waals surface area contributed by atoms with E-state index in [2.05, 4.69) is 15.8 Å². The molecule has 0 aliphatic heterocycles. The molecule has 162 valence electrons. The minimum atomic E-state index is -1.05. The second-order valence-corrected chi connectivity index (χ2v) is 6.86. The van der Waals surface area contributed by atoms with E-state index < -0.39 is 23.1 Å². The van der Waals surface area contributed by atoms with Crippen molar-refractivity contribution in [3.05, 3.63) is 53.6 Å². The highest BCUT2D eigenvalue weighted by molar-refractivity contribution is 6.06. The molecule has 9 heteroatoms. The van der Waals surface area contributed by atoms with Gasteiger partial charge in [-0.05, 0) is 38.5 Å². The first-order chi connectivity index (χ1) is 14.2. The lowest BCUT2D eigenvalue weighted by Gasteiger charge is -2.21. The van der Waals surface area contributed by atoms with E-state index in [9.17, 15) is 18.7 Å². The highest BCUT2D eigenvalue weighted by Gasteiger charge is 2.26. The predicted octanol–water partition coefficient (Wildman–Crippen LogP) is 4.62. The van der Waals surface area contributed by atoms with Gasteiger partial charge in [0, 0.05) is 6.20 Å². The Morgan fingerprint density at radius 2 is 1.93 bits per heavy atom. The average molecular weight is 421 g/mol. The van der Waals surface area contributed by atoms with Crippen molar-refractivity contribution in [2.24, 2.45) is 0 Å². The zero-order valence-corrected chi connectivity index (χ0v) is 17.5. The summed E-state index contributed by atoms with van der Waals surface area (Å²) in [4.78, 5) is 21.5. The van der Waals surface area contributed by atoms with Crippen LogP contribution in [-0.2, 0) is 4.84 Å². The average Bonchev–Trinajstić information content (AvgIpc) is 3.10. The van der Waals surface area contributed by atoms with Crippen LogP contribution in [0.2, 0.25) is 0 Å². The molecule has 0 fully saturated rings. The number of hydroxylamine groups is 1. The Bertz CT molecular complexity index is 1030. The van der Waals surface area contributed by atoms with Crippen molar-refractivity contribution in [3.8, 4) is 0 Å². The van der Waals surface area contributed by atoms with Gasteiger partial charge in [-0.2, -0.15) is 0 Å². The van der Waals surface area contributed by atoms with Gasteiger partial charge in [-0.3, -0.25) is 14.6 Å². The van der Waals surface area contributed by atoms with E-state index in [-0.39, 0.29) is 34.7 Å². The molecule has 0 spiro atoms. The number of nitrogens with zero attached hydrogens (tertiary/aromatic N) is 1. The van der Waals surface area contributed by atoms with Gasteiger partial charge in [-0.25, -0.2) is 14.3 Å². The first-order valence-electron chi connectivity index (χ1n) is 9.40. The van der Waals surface area contributed by atoms with E-state index in [0.717, 1.165) is 6.20 Å². The van der Waals surface area contributed by atoms with Crippen LogP contribution in [0.25, 0.3) is 11.0 Å². The lowest BCUT2D eigenvalue weighted by atomic mass is 10.2. The number of benzene rings is 1. The number of carbonyl (C=O) groups excluding carboxylic acids is 1. The second-order valence-electron chi connectivity index (χ2n) is 6.86. The first kappa shape index (κ1) is 23.2. The van der Waals surface area contributed by atoms with Gasteiger partial charge < -0.3 is 14.8 Å². The van der Waals surface area contributed by atoms with Crippen LogP contribution in [-0.4, -0.2) is 28.2 Å². The number of aliphatic hydroxyl groups is 1. The van der Waals surface area contributed by atoms with Crippen LogP contribution in [0.3, 0.4) is 0 Å². The van der Waals surface area contributed by atoms with Gasteiger partial charge in [0.05, 0.1) is 23.9 Å². The van der Waals surface area contributed by atoms with Crippen molar-refractivity contribution in [3.63, 3.8) is 0 Å². The number of aliphatic hydroxyl groups excluding tert-OH is 1. The van der Waals surface area contributed by atoms with Gasteiger partial charge in [0.1, 0.15) is 17.1 Å². The molecule has 1 amide bonds.